The molecule has 4 rings (SSSR count). The lowest BCUT2D eigenvalue weighted by Gasteiger charge is -2.28. The molecule has 0 spiro atoms. The number of amides is 2. The number of pyridine rings is 1. The van der Waals surface area contributed by atoms with Gasteiger partial charge in [-0.25, -0.2) is 4.98 Å². The van der Waals surface area contributed by atoms with Gasteiger partial charge in [-0.05, 0) is 43.9 Å². The van der Waals surface area contributed by atoms with E-state index in [0.29, 0.717) is 29.5 Å². The third kappa shape index (κ3) is 4.44. The fourth-order valence-corrected chi connectivity index (χ4v) is 3.66. The van der Waals surface area contributed by atoms with E-state index in [-0.39, 0.29) is 30.3 Å². The van der Waals surface area contributed by atoms with Crippen molar-refractivity contribution >= 4 is 22.8 Å². The van der Waals surface area contributed by atoms with Crippen molar-refractivity contribution in [3.05, 3.63) is 41.8 Å². The van der Waals surface area contributed by atoms with Crippen LogP contribution in [-0.2, 0) is 17.8 Å². The third-order valence-electron chi connectivity index (χ3n) is 5.31. The molecule has 1 aliphatic carbocycles. The van der Waals surface area contributed by atoms with Gasteiger partial charge in [-0.2, -0.15) is 4.98 Å². The van der Waals surface area contributed by atoms with Crippen molar-refractivity contribution in [1.29, 1.82) is 0 Å². The van der Waals surface area contributed by atoms with E-state index in [0.717, 1.165) is 31.1 Å². The molecule has 0 radical (unpaired) electrons. The highest BCUT2D eigenvalue weighted by Gasteiger charge is 2.27. The van der Waals surface area contributed by atoms with Crippen LogP contribution in [-0.4, -0.2) is 38.0 Å². The summed E-state index contributed by atoms with van der Waals surface area (Å²) in [5.74, 6) is 0.848. The Labute approximate surface area is 167 Å². The second-order valence-corrected chi connectivity index (χ2v) is 7.32. The molecule has 2 amide bonds. The predicted molar refractivity (Wildman–Crippen MR) is 105 cm³/mol. The summed E-state index contributed by atoms with van der Waals surface area (Å²) < 4.78 is 5.09. The number of aromatic amines is 1. The molecule has 9 nitrogen and oxygen atoms in total. The molecule has 3 heterocycles. The molecule has 29 heavy (non-hydrogen) atoms. The maximum absolute atomic E-state index is 12.5. The van der Waals surface area contributed by atoms with Crippen molar-refractivity contribution < 1.29 is 14.1 Å². The summed E-state index contributed by atoms with van der Waals surface area (Å²) in [6, 6.07) is 5.62. The van der Waals surface area contributed by atoms with Gasteiger partial charge in [-0.1, -0.05) is 12.1 Å². The molecule has 0 unspecified atom stereocenters. The Hall–Kier alpha value is -3.23. The van der Waals surface area contributed by atoms with Crippen molar-refractivity contribution in [3.63, 3.8) is 0 Å². The molecule has 0 atom stereocenters. The Balaban J connectivity index is 1.24. The van der Waals surface area contributed by atoms with Gasteiger partial charge in [0.1, 0.15) is 11.3 Å². The number of rotatable bonds is 6. The SMILES string of the molecule is CCc1noc(CNC(=O)C2CCC(NC(=O)c3cc4cccnc4[nH]3)CC2)n1. The first-order valence-corrected chi connectivity index (χ1v) is 9.96. The fourth-order valence-electron chi connectivity index (χ4n) is 3.66. The van der Waals surface area contributed by atoms with Crippen LogP contribution in [0, 0.1) is 5.92 Å². The molecule has 3 aromatic rings. The summed E-state index contributed by atoms with van der Waals surface area (Å²) in [5.41, 5.74) is 1.20. The molecular weight excluding hydrogens is 372 g/mol. The zero-order valence-electron chi connectivity index (χ0n) is 16.3. The van der Waals surface area contributed by atoms with Crippen LogP contribution in [0.25, 0.3) is 11.0 Å². The van der Waals surface area contributed by atoms with Gasteiger partial charge in [0, 0.05) is 30.0 Å². The first kappa shape index (κ1) is 19.1. The zero-order valence-corrected chi connectivity index (χ0v) is 16.3. The highest BCUT2D eigenvalue weighted by molar-refractivity contribution is 5.97. The van der Waals surface area contributed by atoms with Crippen LogP contribution >= 0.6 is 0 Å². The highest BCUT2D eigenvalue weighted by atomic mass is 16.5. The number of carbonyl (C=O) groups is 2. The van der Waals surface area contributed by atoms with Gasteiger partial charge in [0.2, 0.25) is 11.8 Å². The van der Waals surface area contributed by atoms with Gasteiger partial charge in [0.05, 0.1) is 6.54 Å². The summed E-state index contributed by atoms with van der Waals surface area (Å²) in [6.07, 6.45) is 5.38. The van der Waals surface area contributed by atoms with Gasteiger partial charge < -0.3 is 20.1 Å². The Morgan fingerprint density at radius 3 is 2.83 bits per heavy atom. The average molecular weight is 396 g/mol. The summed E-state index contributed by atoms with van der Waals surface area (Å²) in [5, 5.41) is 10.7. The van der Waals surface area contributed by atoms with Gasteiger partial charge in [-0.3, -0.25) is 9.59 Å². The van der Waals surface area contributed by atoms with Crippen molar-refractivity contribution in [3.8, 4) is 0 Å². The van der Waals surface area contributed by atoms with Crippen molar-refractivity contribution in [2.45, 2.75) is 51.6 Å². The van der Waals surface area contributed by atoms with E-state index in [2.05, 4.69) is 30.7 Å². The number of nitrogens with one attached hydrogen (secondary N) is 3. The quantitative estimate of drug-likeness (QED) is 0.586. The van der Waals surface area contributed by atoms with Gasteiger partial charge in [0.15, 0.2) is 5.82 Å². The molecule has 9 heteroatoms. The monoisotopic (exact) mass is 396 g/mol. The summed E-state index contributed by atoms with van der Waals surface area (Å²) in [7, 11) is 0. The zero-order chi connectivity index (χ0) is 20.2. The number of nitrogens with zero attached hydrogens (tertiary/aromatic N) is 3. The minimum Gasteiger partial charge on any atom is -0.348 e. The molecular formula is C20H24N6O3. The van der Waals surface area contributed by atoms with Crippen LogP contribution in [0.1, 0.15) is 54.8 Å². The van der Waals surface area contributed by atoms with E-state index in [9.17, 15) is 9.59 Å². The molecule has 152 valence electrons. The molecule has 1 saturated carbocycles. The van der Waals surface area contributed by atoms with E-state index >= 15 is 0 Å². The topological polar surface area (TPSA) is 126 Å². The second kappa shape index (κ2) is 8.42. The fraction of sp³-hybridized carbons (Fsp3) is 0.450. The van der Waals surface area contributed by atoms with Crippen LogP contribution in [0.15, 0.2) is 28.9 Å². The molecule has 0 aromatic carbocycles. The first-order valence-electron chi connectivity index (χ1n) is 9.96. The van der Waals surface area contributed by atoms with Crippen LogP contribution < -0.4 is 10.6 Å². The molecule has 1 aliphatic rings. The maximum atomic E-state index is 12.5. The van der Waals surface area contributed by atoms with Crippen molar-refractivity contribution in [2.75, 3.05) is 0 Å². The van der Waals surface area contributed by atoms with Crippen molar-refractivity contribution in [1.82, 2.24) is 30.7 Å². The van der Waals surface area contributed by atoms with E-state index in [1.807, 2.05) is 19.1 Å². The summed E-state index contributed by atoms with van der Waals surface area (Å²) in [4.78, 5) is 36.4. The Morgan fingerprint density at radius 2 is 2.10 bits per heavy atom. The van der Waals surface area contributed by atoms with E-state index < -0.39 is 0 Å². The van der Waals surface area contributed by atoms with E-state index in [4.69, 9.17) is 4.52 Å². The minimum absolute atomic E-state index is 0.00674. The second-order valence-electron chi connectivity index (χ2n) is 7.32. The third-order valence-corrected chi connectivity index (χ3v) is 5.31. The normalized spacial score (nSPS) is 19.2. The van der Waals surface area contributed by atoms with Crippen LogP contribution in [0.3, 0.4) is 0 Å². The molecule has 0 aliphatic heterocycles. The number of carbonyl (C=O) groups excluding carboxylic acids is 2. The summed E-state index contributed by atoms with van der Waals surface area (Å²) in [6.45, 7) is 2.19. The Morgan fingerprint density at radius 1 is 1.28 bits per heavy atom. The molecule has 1 fully saturated rings. The maximum Gasteiger partial charge on any atom is 0.267 e. The first-order chi connectivity index (χ1) is 14.1. The molecule has 0 saturated heterocycles. The lowest BCUT2D eigenvalue weighted by atomic mass is 9.85. The highest BCUT2D eigenvalue weighted by Crippen LogP contribution is 2.25. The number of fused-ring (bicyclic) bond motifs is 1. The lowest BCUT2D eigenvalue weighted by molar-refractivity contribution is -0.126. The number of aryl methyl sites for hydroxylation is 1. The van der Waals surface area contributed by atoms with Gasteiger partial charge in [-0.15, -0.1) is 0 Å². The molecule has 3 aromatic heterocycles. The van der Waals surface area contributed by atoms with E-state index in [1.165, 1.54) is 0 Å². The molecule has 3 N–H and O–H groups in total. The number of hydrogen-bond acceptors (Lipinski definition) is 6. The lowest BCUT2D eigenvalue weighted by Crippen LogP contribution is -2.40. The van der Waals surface area contributed by atoms with Crippen LogP contribution in [0.4, 0.5) is 0 Å². The Kier molecular flexibility index (Phi) is 5.55. The van der Waals surface area contributed by atoms with Gasteiger partial charge >= 0.3 is 0 Å². The largest absolute Gasteiger partial charge is 0.348 e. The molecule has 0 bridgehead atoms. The number of H-pyrrole nitrogens is 1. The number of aromatic nitrogens is 4. The van der Waals surface area contributed by atoms with Crippen LogP contribution in [0.2, 0.25) is 0 Å². The average Bonchev–Trinajstić information content (AvgIpc) is 3.39. The smallest absolute Gasteiger partial charge is 0.267 e. The van der Waals surface area contributed by atoms with Gasteiger partial charge in [0.25, 0.3) is 5.91 Å². The van der Waals surface area contributed by atoms with Crippen LogP contribution in [0.5, 0.6) is 0 Å². The van der Waals surface area contributed by atoms with E-state index in [1.54, 1.807) is 12.3 Å². The predicted octanol–water partition coefficient (Wildman–Crippen LogP) is 2.11. The Bertz CT molecular complexity index is 969. The van der Waals surface area contributed by atoms with Crippen molar-refractivity contribution in [2.24, 2.45) is 5.92 Å². The summed E-state index contributed by atoms with van der Waals surface area (Å²) >= 11 is 0. The minimum atomic E-state index is -0.140. The number of hydrogen-bond donors (Lipinski definition) is 3. The standard InChI is InChI=1S/C20H24N6O3/c1-2-16-25-17(29-26-16)11-22-19(27)12-5-7-14(8-6-12)23-20(28)15-10-13-4-3-9-21-18(13)24-15/h3-4,9-10,12,14H,2,5-8,11H2,1H3,(H,21,24)(H,22,27)(H,23,28).